The number of rotatable bonds is 4. The van der Waals surface area contributed by atoms with Crippen LogP contribution in [0.5, 0.6) is 0 Å². The summed E-state index contributed by atoms with van der Waals surface area (Å²) in [6.45, 7) is 2.42. The predicted octanol–water partition coefficient (Wildman–Crippen LogP) is 2.34. The van der Waals surface area contributed by atoms with E-state index in [1.807, 2.05) is 37.3 Å². The van der Waals surface area contributed by atoms with Crippen molar-refractivity contribution in [3.05, 3.63) is 58.9 Å². The zero-order valence-electron chi connectivity index (χ0n) is 11.4. The second-order valence-corrected chi connectivity index (χ2v) is 5.35. The fourth-order valence-corrected chi connectivity index (χ4v) is 2.44. The molecule has 0 bridgehead atoms. The van der Waals surface area contributed by atoms with Crippen LogP contribution in [0.15, 0.2) is 41.9 Å². The van der Waals surface area contributed by atoms with Gasteiger partial charge in [-0.2, -0.15) is 0 Å². The van der Waals surface area contributed by atoms with E-state index in [-0.39, 0.29) is 5.91 Å². The Balaban J connectivity index is 1.77. The van der Waals surface area contributed by atoms with Crippen LogP contribution in [-0.4, -0.2) is 25.9 Å². The summed E-state index contributed by atoms with van der Waals surface area (Å²) in [4.78, 5) is 16.2. The molecule has 1 aromatic carbocycles. The highest BCUT2D eigenvalue weighted by atomic mass is 32.1. The lowest BCUT2D eigenvalue weighted by Gasteiger charge is -2.04. The first-order valence-electron chi connectivity index (χ1n) is 6.39. The molecule has 3 rings (SSSR count). The molecule has 3 aromatic rings. The molecule has 106 valence electrons. The molecular formula is C14H13N5OS. The lowest BCUT2D eigenvalue weighted by Crippen LogP contribution is -2.14. The van der Waals surface area contributed by atoms with Gasteiger partial charge in [-0.05, 0) is 12.5 Å². The van der Waals surface area contributed by atoms with Crippen molar-refractivity contribution < 1.29 is 4.79 Å². The number of amides is 1. The van der Waals surface area contributed by atoms with Crippen LogP contribution in [0.4, 0.5) is 5.13 Å². The zero-order chi connectivity index (χ0) is 14.7. The van der Waals surface area contributed by atoms with Gasteiger partial charge < -0.3 is 0 Å². The standard InChI is InChI=1S/C14H13N5OS/c1-10-12(13(20)16-14-15-7-8-21-14)17-18-19(10)9-11-5-3-2-4-6-11/h2-8H,9H2,1H3,(H,15,16,20). The summed E-state index contributed by atoms with van der Waals surface area (Å²) in [7, 11) is 0. The summed E-state index contributed by atoms with van der Waals surface area (Å²) in [5.74, 6) is -0.290. The maximum Gasteiger partial charge on any atom is 0.279 e. The second kappa shape index (κ2) is 5.84. The number of nitrogens with one attached hydrogen (secondary N) is 1. The number of hydrogen-bond acceptors (Lipinski definition) is 5. The number of carbonyl (C=O) groups is 1. The molecule has 0 atom stereocenters. The van der Waals surface area contributed by atoms with Crippen molar-refractivity contribution in [2.45, 2.75) is 13.5 Å². The van der Waals surface area contributed by atoms with E-state index in [0.717, 1.165) is 11.3 Å². The summed E-state index contributed by atoms with van der Waals surface area (Å²) < 4.78 is 1.71. The predicted molar refractivity (Wildman–Crippen MR) is 80.4 cm³/mol. The molecule has 2 heterocycles. The molecule has 0 aliphatic heterocycles. The third-order valence-electron chi connectivity index (χ3n) is 3.03. The number of hydrogen-bond donors (Lipinski definition) is 1. The summed E-state index contributed by atoms with van der Waals surface area (Å²) in [5, 5.41) is 13.1. The third kappa shape index (κ3) is 2.97. The van der Waals surface area contributed by atoms with Crippen molar-refractivity contribution in [1.29, 1.82) is 0 Å². The van der Waals surface area contributed by atoms with Gasteiger partial charge in [-0.3, -0.25) is 10.1 Å². The highest BCUT2D eigenvalue weighted by Crippen LogP contribution is 2.13. The van der Waals surface area contributed by atoms with E-state index >= 15 is 0 Å². The fraction of sp³-hybridized carbons (Fsp3) is 0.143. The van der Waals surface area contributed by atoms with Gasteiger partial charge in [0.1, 0.15) is 0 Å². The minimum atomic E-state index is -0.290. The number of thiazole rings is 1. The summed E-state index contributed by atoms with van der Waals surface area (Å²) in [5.41, 5.74) is 2.16. The molecule has 0 aliphatic rings. The van der Waals surface area contributed by atoms with Gasteiger partial charge in [0, 0.05) is 11.6 Å². The normalized spacial score (nSPS) is 10.5. The van der Waals surface area contributed by atoms with Gasteiger partial charge in [0.2, 0.25) is 0 Å². The number of aromatic nitrogens is 4. The molecular weight excluding hydrogens is 286 g/mol. The van der Waals surface area contributed by atoms with Crippen molar-refractivity contribution >= 4 is 22.4 Å². The first kappa shape index (κ1) is 13.4. The monoisotopic (exact) mass is 299 g/mol. The van der Waals surface area contributed by atoms with Gasteiger partial charge >= 0.3 is 0 Å². The molecule has 0 unspecified atom stereocenters. The minimum Gasteiger partial charge on any atom is -0.296 e. The maximum absolute atomic E-state index is 12.1. The van der Waals surface area contributed by atoms with Crippen molar-refractivity contribution in [2.24, 2.45) is 0 Å². The van der Waals surface area contributed by atoms with E-state index in [9.17, 15) is 4.79 Å². The van der Waals surface area contributed by atoms with Crippen LogP contribution in [0.1, 0.15) is 21.7 Å². The van der Waals surface area contributed by atoms with Crippen molar-refractivity contribution in [2.75, 3.05) is 5.32 Å². The molecule has 2 aromatic heterocycles. The minimum absolute atomic E-state index is 0.290. The number of benzene rings is 1. The average Bonchev–Trinajstić information content (AvgIpc) is 3.11. The Morgan fingerprint density at radius 3 is 2.86 bits per heavy atom. The number of anilines is 1. The molecule has 1 amide bonds. The average molecular weight is 299 g/mol. The lowest BCUT2D eigenvalue weighted by atomic mass is 10.2. The van der Waals surface area contributed by atoms with Crippen LogP contribution in [0.3, 0.4) is 0 Å². The molecule has 7 heteroatoms. The van der Waals surface area contributed by atoms with Crippen LogP contribution in [0, 0.1) is 6.92 Å². The Hall–Kier alpha value is -2.54. The van der Waals surface area contributed by atoms with Crippen molar-refractivity contribution in [3.8, 4) is 0 Å². The highest BCUT2D eigenvalue weighted by Gasteiger charge is 2.17. The highest BCUT2D eigenvalue weighted by molar-refractivity contribution is 7.13. The van der Waals surface area contributed by atoms with E-state index in [0.29, 0.717) is 17.4 Å². The zero-order valence-corrected chi connectivity index (χ0v) is 12.2. The molecule has 0 fully saturated rings. The van der Waals surface area contributed by atoms with Crippen LogP contribution in [0.2, 0.25) is 0 Å². The molecule has 0 saturated carbocycles. The fourth-order valence-electron chi connectivity index (χ4n) is 1.92. The molecule has 0 radical (unpaired) electrons. The Labute approximate surface area is 125 Å². The third-order valence-corrected chi connectivity index (χ3v) is 3.71. The quantitative estimate of drug-likeness (QED) is 0.802. The van der Waals surface area contributed by atoms with Crippen LogP contribution in [-0.2, 0) is 6.54 Å². The van der Waals surface area contributed by atoms with Gasteiger partial charge in [-0.15, -0.1) is 16.4 Å². The number of nitrogens with zero attached hydrogens (tertiary/aromatic N) is 4. The van der Waals surface area contributed by atoms with Crippen LogP contribution in [0.25, 0.3) is 0 Å². The topological polar surface area (TPSA) is 72.7 Å². The first-order chi connectivity index (χ1) is 10.2. The Bertz CT molecular complexity index is 736. The van der Waals surface area contributed by atoms with Gasteiger partial charge in [-0.1, -0.05) is 35.5 Å². The molecule has 21 heavy (non-hydrogen) atoms. The smallest absolute Gasteiger partial charge is 0.279 e. The lowest BCUT2D eigenvalue weighted by molar-refractivity contribution is 0.102. The summed E-state index contributed by atoms with van der Waals surface area (Å²) in [6.07, 6.45) is 1.64. The van der Waals surface area contributed by atoms with Gasteiger partial charge in [0.15, 0.2) is 10.8 Å². The molecule has 6 nitrogen and oxygen atoms in total. The molecule has 1 N–H and O–H groups in total. The van der Waals surface area contributed by atoms with Crippen LogP contribution >= 0.6 is 11.3 Å². The van der Waals surface area contributed by atoms with Gasteiger partial charge in [0.05, 0.1) is 12.2 Å². The Morgan fingerprint density at radius 2 is 2.14 bits per heavy atom. The molecule has 0 aliphatic carbocycles. The van der Waals surface area contributed by atoms with Gasteiger partial charge in [-0.25, -0.2) is 9.67 Å². The van der Waals surface area contributed by atoms with E-state index in [4.69, 9.17) is 0 Å². The van der Waals surface area contributed by atoms with E-state index < -0.39 is 0 Å². The van der Waals surface area contributed by atoms with Crippen molar-refractivity contribution in [1.82, 2.24) is 20.0 Å². The summed E-state index contributed by atoms with van der Waals surface area (Å²) >= 11 is 1.36. The Morgan fingerprint density at radius 1 is 1.33 bits per heavy atom. The molecule has 0 spiro atoms. The summed E-state index contributed by atoms with van der Waals surface area (Å²) in [6, 6.07) is 9.92. The SMILES string of the molecule is Cc1c(C(=O)Nc2nccs2)nnn1Cc1ccccc1. The van der Waals surface area contributed by atoms with Gasteiger partial charge in [0.25, 0.3) is 5.91 Å². The second-order valence-electron chi connectivity index (χ2n) is 4.46. The van der Waals surface area contributed by atoms with E-state index in [1.54, 1.807) is 16.3 Å². The number of carbonyl (C=O) groups excluding carboxylic acids is 1. The largest absolute Gasteiger partial charge is 0.296 e. The first-order valence-corrected chi connectivity index (χ1v) is 7.27. The van der Waals surface area contributed by atoms with E-state index in [1.165, 1.54) is 11.3 Å². The molecule has 0 saturated heterocycles. The van der Waals surface area contributed by atoms with Crippen molar-refractivity contribution in [3.63, 3.8) is 0 Å². The maximum atomic E-state index is 12.1. The van der Waals surface area contributed by atoms with E-state index in [2.05, 4.69) is 20.6 Å². The Kier molecular flexibility index (Phi) is 3.74. The van der Waals surface area contributed by atoms with Crippen LogP contribution < -0.4 is 5.32 Å².